The van der Waals surface area contributed by atoms with Gasteiger partial charge in [-0.1, -0.05) is 73.7 Å². The van der Waals surface area contributed by atoms with Gasteiger partial charge in [0, 0.05) is 25.9 Å². The molecule has 0 saturated heterocycles. The second-order valence-corrected chi connectivity index (χ2v) is 8.35. The number of rotatable bonds is 2. The minimum atomic E-state index is 0.597. The summed E-state index contributed by atoms with van der Waals surface area (Å²) in [5.41, 5.74) is 11.9. The average Bonchev–Trinajstić information content (AvgIpc) is 3.07. The van der Waals surface area contributed by atoms with E-state index in [0.717, 1.165) is 12.1 Å². The number of nitrogen functional groups attached to an aromatic ring is 1. The predicted octanol–water partition coefficient (Wildman–Crippen LogP) is 7.28. The molecule has 1 aromatic heterocycles. The molecule has 0 bridgehead atoms. The van der Waals surface area contributed by atoms with Crippen LogP contribution >= 0.6 is 11.3 Å². The topological polar surface area (TPSA) is 26.0 Å². The Labute approximate surface area is 163 Å². The van der Waals surface area contributed by atoms with E-state index in [2.05, 4.69) is 73.7 Å². The molecule has 27 heavy (non-hydrogen) atoms. The monoisotopic (exact) mass is 367 g/mol. The van der Waals surface area contributed by atoms with E-state index in [1.54, 1.807) is 0 Å². The van der Waals surface area contributed by atoms with Crippen LogP contribution in [0.15, 0.2) is 78.9 Å². The Morgan fingerprint density at radius 2 is 1.52 bits per heavy atom. The molecule has 1 aliphatic rings. The first-order valence-electron chi connectivity index (χ1n) is 9.39. The Kier molecular flexibility index (Phi) is 3.87. The van der Waals surface area contributed by atoms with Gasteiger partial charge < -0.3 is 5.73 Å². The smallest absolute Gasteiger partial charge is 0.0434 e. The van der Waals surface area contributed by atoms with E-state index in [1.807, 2.05) is 23.5 Å². The highest BCUT2D eigenvalue weighted by molar-refractivity contribution is 7.26. The van der Waals surface area contributed by atoms with Crippen molar-refractivity contribution in [3.8, 4) is 11.1 Å². The van der Waals surface area contributed by atoms with Crippen LogP contribution in [0.3, 0.4) is 0 Å². The maximum atomic E-state index is 5.88. The van der Waals surface area contributed by atoms with Crippen molar-refractivity contribution in [3.63, 3.8) is 0 Å². The van der Waals surface area contributed by atoms with Crippen LogP contribution < -0.4 is 5.73 Å². The summed E-state index contributed by atoms with van der Waals surface area (Å²) in [5.74, 6) is 0.597. The third kappa shape index (κ3) is 2.77. The number of allylic oxidation sites excluding steroid dienone is 4. The first-order chi connectivity index (χ1) is 13.2. The van der Waals surface area contributed by atoms with Gasteiger partial charge in [0.2, 0.25) is 0 Å². The summed E-state index contributed by atoms with van der Waals surface area (Å²) in [4.78, 5) is 0. The summed E-state index contributed by atoms with van der Waals surface area (Å²) >= 11 is 1.90. The average molecular weight is 368 g/mol. The van der Waals surface area contributed by atoms with Crippen molar-refractivity contribution in [2.75, 3.05) is 5.73 Å². The number of hydrogen-bond donors (Lipinski definition) is 1. The Hall–Kier alpha value is -2.84. The fraction of sp³-hybridized carbons (Fsp3) is 0.120. The number of thiophene rings is 1. The van der Waals surface area contributed by atoms with Crippen molar-refractivity contribution < 1.29 is 0 Å². The molecule has 1 heterocycles. The molecule has 0 amide bonds. The summed E-state index contributed by atoms with van der Waals surface area (Å²) in [6.45, 7) is 2.29. The molecule has 2 heteroatoms. The number of fused-ring (bicyclic) bond motifs is 3. The molecule has 132 valence electrons. The molecular weight excluding hydrogens is 346 g/mol. The second kappa shape index (κ2) is 6.40. The molecule has 0 fully saturated rings. The van der Waals surface area contributed by atoms with E-state index >= 15 is 0 Å². The molecule has 0 saturated carbocycles. The summed E-state index contributed by atoms with van der Waals surface area (Å²) < 4.78 is 2.72. The maximum Gasteiger partial charge on any atom is 0.0434 e. The van der Waals surface area contributed by atoms with Gasteiger partial charge in [-0.25, -0.2) is 0 Å². The van der Waals surface area contributed by atoms with E-state index < -0.39 is 0 Å². The van der Waals surface area contributed by atoms with E-state index in [9.17, 15) is 0 Å². The number of benzene rings is 3. The fourth-order valence-corrected chi connectivity index (χ4v) is 5.33. The van der Waals surface area contributed by atoms with Crippen molar-refractivity contribution in [1.29, 1.82) is 0 Å². The predicted molar refractivity (Wildman–Crippen MR) is 120 cm³/mol. The second-order valence-electron chi connectivity index (χ2n) is 7.33. The zero-order valence-electron chi connectivity index (χ0n) is 15.3. The molecule has 1 nitrogen and oxygen atoms in total. The van der Waals surface area contributed by atoms with Crippen LogP contribution in [-0.2, 0) is 0 Å². The van der Waals surface area contributed by atoms with Gasteiger partial charge in [0.25, 0.3) is 0 Å². The van der Waals surface area contributed by atoms with Gasteiger partial charge in [-0.05, 0) is 46.7 Å². The number of anilines is 1. The minimum absolute atomic E-state index is 0.597. The Morgan fingerprint density at radius 3 is 2.22 bits per heavy atom. The van der Waals surface area contributed by atoms with Crippen LogP contribution in [0.25, 0.3) is 36.9 Å². The van der Waals surface area contributed by atoms with Gasteiger partial charge in [-0.2, -0.15) is 0 Å². The van der Waals surface area contributed by atoms with Gasteiger partial charge in [0.05, 0.1) is 0 Å². The minimum Gasteiger partial charge on any atom is -0.399 e. The first-order valence-corrected chi connectivity index (χ1v) is 10.2. The molecular formula is C25H21NS. The highest BCUT2D eigenvalue weighted by Gasteiger charge is 2.15. The van der Waals surface area contributed by atoms with Gasteiger partial charge in [0.1, 0.15) is 0 Å². The van der Waals surface area contributed by atoms with E-state index in [1.165, 1.54) is 42.4 Å². The molecule has 1 unspecified atom stereocenters. The van der Waals surface area contributed by atoms with E-state index in [4.69, 9.17) is 5.73 Å². The SMILES string of the molecule is CC1C=C(c2cccc3c2sc2c(-c4ccc(N)cc4)cccc23)C=CC1. The molecule has 1 aliphatic carbocycles. The van der Waals surface area contributed by atoms with Crippen LogP contribution in [0.4, 0.5) is 5.69 Å². The number of hydrogen-bond acceptors (Lipinski definition) is 2. The highest BCUT2D eigenvalue weighted by atomic mass is 32.1. The van der Waals surface area contributed by atoms with Gasteiger partial charge in [-0.15, -0.1) is 11.3 Å². The third-order valence-corrected chi connectivity index (χ3v) is 6.61. The lowest BCUT2D eigenvalue weighted by atomic mass is 9.93. The van der Waals surface area contributed by atoms with Gasteiger partial charge in [0.15, 0.2) is 0 Å². The molecule has 4 aromatic rings. The first kappa shape index (κ1) is 16.3. The normalized spacial score (nSPS) is 16.8. The lowest BCUT2D eigenvalue weighted by molar-refractivity contribution is 0.740. The summed E-state index contributed by atoms with van der Waals surface area (Å²) in [6.07, 6.45) is 8.11. The summed E-state index contributed by atoms with van der Waals surface area (Å²) in [6, 6.07) is 21.5. The fourth-order valence-electron chi connectivity index (χ4n) is 3.96. The quantitative estimate of drug-likeness (QED) is 0.370. The molecule has 1 atom stereocenters. The van der Waals surface area contributed by atoms with Crippen LogP contribution in [0, 0.1) is 5.92 Å². The van der Waals surface area contributed by atoms with Crippen LogP contribution in [0.5, 0.6) is 0 Å². The van der Waals surface area contributed by atoms with Crippen molar-refractivity contribution in [2.24, 2.45) is 5.92 Å². The lowest BCUT2D eigenvalue weighted by Crippen LogP contribution is -1.94. The zero-order valence-corrected chi connectivity index (χ0v) is 16.1. The van der Waals surface area contributed by atoms with Crippen molar-refractivity contribution in [1.82, 2.24) is 0 Å². The molecule has 0 radical (unpaired) electrons. The Morgan fingerprint density at radius 1 is 0.852 bits per heavy atom. The van der Waals surface area contributed by atoms with Crippen LogP contribution in [0.1, 0.15) is 18.9 Å². The van der Waals surface area contributed by atoms with Crippen LogP contribution in [-0.4, -0.2) is 0 Å². The highest BCUT2D eigenvalue weighted by Crippen LogP contribution is 2.43. The summed E-state index contributed by atoms with van der Waals surface area (Å²) in [5, 5.41) is 2.68. The van der Waals surface area contributed by atoms with Crippen molar-refractivity contribution in [3.05, 3.63) is 84.5 Å². The van der Waals surface area contributed by atoms with Crippen molar-refractivity contribution >= 4 is 42.8 Å². The van der Waals surface area contributed by atoms with Crippen LogP contribution in [0.2, 0.25) is 0 Å². The standard InChI is InChI=1S/C25H21NS/c1-16-5-2-6-18(15-16)21-8-4-10-23-22-9-3-7-20(24(22)27-25(21)23)17-11-13-19(26)14-12-17/h2-4,6-16H,5,26H2,1H3. The third-order valence-electron chi connectivity index (χ3n) is 5.33. The van der Waals surface area contributed by atoms with E-state index in [0.29, 0.717) is 5.92 Å². The van der Waals surface area contributed by atoms with Gasteiger partial charge in [-0.3, -0.25) is 0 Å². The molecule has 0 aliphatic heterocycles. The van der Waals surface area contributed by atoms with Crippen molar-refractivity contribution in [2.45, 2.75) is 13.3 Å². The molecule has 2 N–H and O–H groups in total. The zero-order chi connectivity index (χ0) is 18.4. The Bertz CT molecular complexity index is 1210. The van der Waals surface area contributed by atoms with E-state index in [-0.39, 0.29) is 0 Å². The number of nitrogens with two attached hydrogens (primary N) is 1. The van der Waals surface area contributed by atoms with Gasteiger partial charge >= 0.3 is 0 Å². The molecule has 0 spiro atoms. The molecule has 3 aromatic carbocycles. The largest absolute Gasteiger partial charge is 0.399 e. The Balaban J connectivity index is 1.78. The molecule has 5 rings (SSSR count). The lowest BCUT2D eigenvalue weighted by Gasteiger charge is -2.13. The summed E-state index contributed by atoms with van der Waals surface area (Å²) in [7, 11) is 0. The maximum absolute atomic E-state index is 5.88.